The van der Waals surface area contributed by atoms with Gasteiger partial charge in [-0.15, -0.1) is 5.10 Å². The number of carboxylic acids is 1. The van der Waals surface area contributed by atoms with Crippen LogP contribution in [0.2, 0.25) is 0 Å². The van der Waals surface area contributed by atoms with Gasteiger partial charge in [-0.05, 0) is 56.6 Å². The maximum absolute atomic E-state index is 11.6. The molecule has 1 unspecified atom stereocenters. The predicted molar refractivity (Wildman–Crippen MR) is 135 cm³/mol. The molecule has 186 valence electrons. The van der Waals surface area contributed by atoms with Crippen molar-refractivity contribution in [2.45, 2.75) is 38.4 Å². The van der Waals surface area contributed by atoms with Crippen LogP contribution in [0.25, 0.3) is 22.6 Å². The molecule has 0 radical (unpaired) electrons. The summed E-state index contributed by atoms with van der Waals surface area (Å²) < 4.78 is 1.66. The fourth-order valence-electron chi connectivity index (χ4n) is 4.66. The number of nitriles is 1. The van der Waals surface area contributed by atoms with Crippen molar-refractivity contribution >= 4 is 11.9 Å². The van der Waals surface area contributed by atoms with Gasteiger partial charge in [-0.2, -0.15) is 5.26 Å². The largest absolute Gasteiger partial charge is 0.480 e. The van der Waals surface area contributed by atoms with E-state index >= 15 is 0 Å². The Morgan fingerprint density at radius 3 is 2.78 bits per heavy atom. The number of likely N-dealkylation sites (tertiary alicyclic amines) is 1. The van der Waals surface area contributed by atoms with Gasteiger partial charge in [0.05, 0.1) is 53.2 Å². The Bertz CT molecular complexity index is 1490. The number of pyridine rings is 1. The molecule has 1 aromatic carbocycles. The molecule has 37 heavy (non-hydrogen) atoms. The van der Waals surface area contributed by atoms with Gasteiger partial charge in [0, 0.05) is 5.56 Å². The fraction of sp³-hybridized carbons (Fsp3) is 0.269. The number of aromatic nitrogens is 6. The van der Waals surface area contributed by atoms with Crippen molar-refractivity contribution in [3.63, 3.8) is 0 Å². The molecule has 11 heteroatoms. The van der Waals surface area contributed by atoms with E-state index in [1.807, 2.05) is 36.1 Å². The summed E-state index contributed by atoms with van der Waals surface area (Å²) >= 11 is 0. The van der Waals surface area contributed by atoms with Crippen molar-refractivity contribution in [2.24, 2.45) is 0 Å². The number of carbonyl (C=O) groups is 1. The molecular weight excluding hydrogens is 470 g/mol. The minimum absolute atomic E-state index is 0.0920. The lowest BCUT2D eigenvalue weighted by atomic mass is 10.1. The third-order valence-electron chi connectivity index (χ3n) is 6.49. The highest BCUT2D eigenvalue weighted by molar-refractivity contribution is 5.74. The molecule has 2 atom stereocenters. The molecule has 0 amide bonds. The van der Waals surface area contributed by atoms with Crippen LogP contribution in [0.4, 0.5) is 5.95 Å². The van der Waals surface area contributed by atoms with Crippen molar-refractivity contribution in [1.29, 1.82) is 5.26 Å². The van der Waals surface area contributed by atoms with E-state index in [4.69, 9.17) is 10.7 Å². The molecular formula is C26H25N9O2. The Kier molecular flexibility index (Phi) is 6.57. The highest BCUT2D eigenvalue weighted by Gasteiger charge is 2.34. The zero-order valence-corrected chi connectivity index (χ0v) is 20.2. The fourth-order valence-corrected chi connectivity index (χ4v) is 4.66. The molecule has 4 heterocycles. The van der Waals surface area contributed by atoms with E-state index in [1.165, 1.54) is 0 Å². The van der Waals surface area contributed by atoms with E-state index in [2.05, 4.69) is 26.3 Å². The van der Waals surface area contributed by atoms with Crippen molar-refractivity contribution in [1.82, 2.24) is 34.8 Å². The molecule has 5 rings (SSSR count). The lowest BCUT2D eigenvalue weighted by Gasteiger charge is -2.28. The van der Waals surface area contributed by atoms with Gasteiger partial charge in [-0.1, -0.05) is 23.4 Å². The zero-order valence-electron chi connectivity index (χ0n) is 20.2. The minimum atomic E-state index is -0.790. The average Bonchev–Trinajstić information content (AvgIpc) is 3.58. The summed E-state index contributed by atoms with van der Waals surface area (Å²) in [5.74, 6) is -0.698. The van der Waals surface area contributed by atoms with Crippen LogP contribution in [0.15, 0.2) is 54.7 Å². The minimum Gasteiger partial charge on any atom is -0.480 e. The van der Waals surface area contributed by atoms with Gasteiger partial charge in [0.2, 0.25) is 5.95 Å². The topological polar surface area (TPSA) is 160 Å². The summed E-state index contributed by atoms with van der Waals surface area (Å²) in [4.78, 5) is 27.0. The van der Waals surface area contributed by atoms with Crippen molar-refractivity contribution < 1.29 is 9.90 Å². The number of carboxylic acid groups (broad SMARTS) is 1. The first-order valence-electron chi connectivity index (χ1n) is 11.9. The number of hydrogen-bond acceptors (Lipinski definition) is 9. The van der Waals surface area contributed by atoms with Gasteiger partial charge in [-0.3, -0.25) is 14.7 Å². The van der Waals surface area contributed by atoms with Crippen molar-refractivity contribution in [3.8, 4) is 28.7 Å². The molecule has 0 spiro atoms. The average molecular weight is 496 g/mol. The third-order valence-corrected chi connectivity index (χ3v) is 6.49. The highest BCUT2D eigenvalue weighted by Crippen LogP contribution is 2.29. The van der Waals surface area contributed by atoms with E-state index in [1.54, 1.807) is 35.1 Å². The summed E-state index contributed by atoms with van der Waals surface area (Å²) in [7, 11) is 0. The number of anilines is 1. The van der Waals surface area contributed by atoms with Crippen LogP contribution in [0, 0.1) is 11.3 Å². The molecule has 1 aliphatic rings. The van der Waals surface area contributed by atoms with Crippen LogP contribution in [0.3, 0.4) is 0 Å². The zero-order chi connectivity index (χ0) is 25.9. The molecule has 3 N–H and O–H groups in total. The number of rotatable bonds is 7. The first-order valence-corrected chi connectivity index (χ1v) is 11.9. The number of aliphatic carboxylic acids is 1. The molecule has 1 fully saturated rings. The van der Waals surface area contributed by atoms with Gasteiger partial charge in [0.15, 0.2) is 0 Å². The summed E-state index contributed by atoms with van der Waals surface area (Å²) in [6, 6.07) is 16.1. The monoisotopic (exact) mass is 495 g/mol. The lowest BCUT2D eigenvalue weighted by Crippen LogP contribution is -2.38. The number of nitrogen functional groups attached to an aromatic ring is 1. The van der Waals surface area contributed by atoms with E-state index in [9.17, 15) is 15.2 Å². The first-order chi connectivity index (χ1) is 17.9. The Morgan fingerprint density at radius 1 is 1.16 bits per heavy atom. The number of hydrogen-bond donors (Lipinski definition) is 2. The number of nitrogens with zero attached hydrogens (tertiary/aromatic N) is 8. The maximum Gasteiger partial charge on any atom is 0.320 e. The van der Waals surface area contributed by atoms with E-state index in [0.717, 1.165) is 29.9 Å². The maximum atomic E-state index is 11.6. The van der Waals surface area contributed by atoms with Gasteiger partial charge >= 0.3 is 5.97 Å². The Morgan fingerprint density at radius 2 is 1.97 bits per heavy atom. The summed E-state index contributed by atoms with van der Waals surface area (Å²) in [5, 5.41) is 27.2. The van der Waals surface area contributed by atoms with Crippen LogP contribution in [-0.4, -0.2) is 58.5 Å². The second-order valence-electron chi connectivity index (χ2n) is 8.95. The second-order valence-corrected chi connectivity index (χ2v) is 8.95. The van der Waals surface area contributed by atoms with Gasteiger partial charge < -0.3 is 10.8 Å². The third kappa shape index (κ3) is 5.14. The van der Waals surface area contributed by atoms with E-state index in [0.29, 0.717) is 35.6 Å². The molecule has 0 saturated carbocycles. The quantitative estimate of drug-likeness (QED) is 0.390. The molecule has 11 nitrogen and oxygen atoms in total. The summed E-state index contributed by atoms with van der Waals surface area (Å²) in [5.41, 5.74) is 10.5. The molecule has 0 aliphatic carbocycles. The standard InChI is InChI=1S/C26H25N9O2/c1-16(35-10-4-9-24(35)25(36)37)20-8-3-7-19(29-20)14-34-15-23(32-33-34)22-12-21(30-26(28)31-22)18-6-2-5-17(11-18)13-27/h2-3,5-8,11-12,15-16,24H,4,9-10,14H2,1H3,(H,36,37)(H2,28,30,31)/t16?,24-/m0/s1. The van der Waals surface area contributed by atoms with Crippen LogP contribution in [0.1, 0.15) is 42.8 Å². The van der Waals surface area contributed by atoms with Gasteiger partial charge in [0.25, 0.3) is 0 Å². The van der Waals surface area contributed by atoms with Crippen LogP contribution in [0.5, 0.6) is 0 Å². The number of benzene rings is 1. The van der Waals surface area contributed by atoms with E-state index < -0.39 is 12.0 Å². The Hall–Kier alpha value is -4.69. The lowest BCUT2D eigenvalue weighted by molar-refractivity contribution is -0.142. The smallest absolute Gasteiger partial charge is 0.320 e. The molecule has 1 aliphatic heterocycles. The summed E-state index contributed by atoms with van der Waals surface area (Å²) in [6.45, 7) is 3.11. The van der Waals surface area contributed by atoms with Gasteiger partial charge in [-0.25, -0.2) is 14.6 Å². The molecule has 1 saturated heterocycles. The molecule has 3 aromatic heterocycles. The number of nitrogens with two attached hydrogens (primary N) is 1. The normalized spacial score (nSPS) is 16.4. The predicted octanol–water partition coefficient (Wildman–Crippen LogP) is 2.91. The van der Waals surface area contributed by atoms with Crippen molar-refractivity contribution in [2.75, 3.05) is 12.3 Å². The second kappa shape index (κ2) is 10.1. The van der Waals surface area contributed by atoms with Crippen molar-refractivity contribution in [3.05, 3.63) is 71.7 Å². The summed E-state index contributed by atoms with van der Waals surface area (Å²) in [6.07, 6.45) is 3.28. The first kappa shape index (κ1) is 24.0. The Balaban J connectivity index is 1.36. The SMILES string of the molecule is CC(c1cccc(Cn2cc(-c3cc(-c4cccc(C#N)c4)nc(N)n3)nn2)n1)N1CCC[C@H]1C(=O)O. The highest BCUT2D eigenvalue weighted by atomic mass is 16.4. The molecule has 0 bridgehead atoms. The van der Waals surface area contributed by atoms with Crippen LogP contribution >= 0.6 is 0 Å². The van der Waals surface area contributed by atoms with Gasteiger partial charge in [0.1, 0.15) is 11.7 Å². The van der Waals surface area contributed by atoms with Crippen LogP contribution in [-0.2, 0) is 11.3 Å². The Labute approximate surface area is 213 Å². The van der Waals surface area contributed by atoms with E-state index in [-0.39, 0.29) is 12.0 Å². The molecule has 4 aromatic rings. The van der Waals surface area contributed by atoms with Crippen LogP contribution < -0.4 is 5.73 Å².